The lowest BCUT2D eigenvalue weighted by Gasteiger charge is -2.07. The topological polar surface area (TPSA) is 20.2 Å². The molecule has 0 aromatic heterocycles. The smallest absolute Gasteiger partial charge is 0.123 e. The maximum Gasteiger partial charge on any atom is 0.123 e. The number of fused-ring (bicyclic) bond motifs is 1. The fourth-order valence-corrected chi connectivity index (χ4v) is 3.18. The van der Waals surface area contributed by atoms with E-state index in [1.54, 1.807) is 6.07 Å². The Morgan fingerprint density at radius 3 is 1.72 bits per heavy atom. The van der Waals surface area contributed by atoms with Gasteiger partial charge in [-0.05, 0) is 46.5 Å². The van der Waals surface area contributed by atoms with E-state index in [2.05, 4.69) is 62.4 Å². The van der Waals surface area contributed by atoms with Gasteiger partial charge in [0, 0.05) is 5.39 Å². The lowest BCUT2D eigenvalue weighted by atomic mass is 9.98. The third-order valence-electron chi connectivity index (χ3n) is 4.74. The van der Waals surface area contributed by atoms with Crippen LogP contribution in [-0.4, -0.2) is 5.11 Å². The highest BCUT2D eigenvalue weighted by molar-refractivity contribution is 5.87. The quantitative estimate of drug-likeness (QED) is 0.379. The minimum Gasteiger partial charge on any atom is -0.507 e. The molecule has 4 aromatic rings. The van der Waals surface area contributed by atoms with E-state index in [1.807, 2.05) is 50.2 Å². The number of hydrogen-bond donors (Lipinski definition) is 1. The first kappa shape index (κ1) is 22.2. The summed E-state index contributed by atoms with van der Waals surface area (Å²) in [6, 6.07) is 30.8. The van der Waals surface area contributed by atoms with Crippen molar-refractivity contribution in [1.29, 1.82) is 0 Å². The van der Waals surface area contributed by atoms with Gasteiger partial charge in [-0.3, -0.25) is 0 Å². The van der Waals surface area contributed by atoms with Crippen LogP contribution in [0.15, 0.2) is 91.0 Å². The molecule has 150 valence electrons. The molecule has 29 heavy (non-hydrogen) atoms. The molecule has 0 saturated carbocycles. The molecule has 0 amide bonds. The third kappa shape index (κ3) is 6.22. The first-order valence-electron chi connectivity index (χ1n) is 10.6. The number of aromatic hydroxyl groups is 1. The molecule has 0 aliphatic carbocycles. The van der Waals surface area contributed by atoms with Gasteiger partial charge < -0.3 is 5.11 Å². The Bertz CT molecular complexity index is 975. The van der Waals surface area contributed by atoms with Gasteiger partial charge in [0.1, 0.15) is 5.75 Å². The Morgan fingerprint density at radius 1 is 0.586 bits per heavy atom. The van der Waals surface area contributed by atoms with Gasteiger partial charge in [0.15, 0.2) is 0 Å². The largest absolute Gasteiger partial charge is 0.507 e. The maximum absolute atomic E-state index is 9.37. The maximum atomic E-state index is 9.37. The predicted molar refractivity (Wildman–Crippen MR) is 128 cm³/mol. The van der Waals surface area contributed by atoms with Gasteiger partial charge in [-0.1, -0.05) is 113 Å². The molecule has 0 radical (unpaired) electrons. The van der Waals surface area contributed by atoms with Crippen molar-refractivity contribution >= 4 is 10.8 Å². The van der Waals surface area contributed by atoms with E-state index in [0.29, 0.717) is 5.75 Å². The third-order valence-corrected chi connectivity index (χ3v) is 4.74. The summed E-state index contributed by atoms with van der Waals surface area (Å²) >= 11 is 0. The highest BCUT2D eigenvalue weighted by Crippen LogP contribution is 2.23. The van der Waals surface area contributed by atoms with Crippen LogP contribution in [0, 0.1) is 0 Å². The van der Waals surface area contributed by atoms with E-state index in [-0.39, 0.29) is 0 Å². The Kier molecular flexibility index (Phi) is 8.98. The van der Waals surface area contributed by atoms with Crippen LogP contribution < -0.4 is 0 Å². The van der Waals surface area contributed by atoms with Crippen molar-refractivity contribution in [1.82, 2.24) is 0 Å². The molecule has 0 atom stereocenters. The number of phenolic OH excluding ortho intramolecular Hbond substituents is 1. The molecule has 0 fully saturated rings. The highest BCUT2D eigenvalue weighted by Gasteiger charge is 2.01. The van der Waals surface area contributed by atoms with E-state index >= 15 is 0 Å². The van der Waals surface area contributed by atoms with Gasteiger partial charge in [-0.25, -0.2) is 0 Å². The van der Waals surface area contributed by atoms with Gasteiger partial charge in [0.2, 0.25) is 0 Å². The van der Waals surface area contributed by atoms with Crippen LogP contribution in [-0.2, 0) is 12.8 Å². The zero-order valence-electron chi connectivity index (χ0n) is 18.0. The SMILES string of the molecule is CC.CCc1cc(CC)cc(-c2ccccc2)c1.Oc1cccc2ccccc12. The lowest BCUT2D eigenvalue weighted by Crippen LogP contribution is -1.88. The molecule has 4 aromatic carbocycles. The fourth-order valence-electron chi connectivity index (χ4n) is 3.18. The van der Waals surface area contributed by atoms with Crippen molar-refractivity contribution in [3.8, 4) is 16.9 Å². The molecule has 0 spiro atoms. The second-order valence-corrected chi connectivity index (χ2v) is 6.61. The van der Waals surface area contributed by atoms with Crippen LogP contribution in [0.2, 0.25) is 0 Å². The fraction of sp³-hybridized carbons (Fsp3) is 0.214. The van der Waals surface area contributed by atoms with E-state index in [9.17, 15) is 5.11 Å². The van der Waals surface area contributed by atoms with Crippen LogP contribution in [0.4, 0.5) is 0 Å². The number of aryl methyl sites for hydroxylation is 2. The number of rotatable bonds is 3. The van der Waals surface area contributed by atoms with E-state index < -0.39 is 0 Å². The van der Waals surface area contributed by atoms with Crippen molar-refractivity contribution in [2.75, 3.05) is 0 Å². The Labute approximate surface area is 175 Å². The molecule has 0 bridgehead atoms. The summed E-state index contributed by atoms with van der Waals surface area (Å²) in [6.07, 6.45) is 2.21. The molecule has 0 saturated heterocycles. The van der Waals surface area contributed by atoms with Gasteiger partial charge in [0.05, 0.1) is 0 Å². The summed E-state index contributed by atoms with van der Waals surface area (Å²) in [5, 5.41) is 11.4. The van der Waals surface area contributed by atoms with Crippen molar-refractivity contribution in [3.63, 3.8) is 0 Å². The van der Waals surface area contributed by atoms with Gasteiger partial charge >= 0.3 is 0 Å². The van der Waals surface area contributed by atoms with Crippen molar-refractivity contribution in [2.45, 2.75) is 40.5 Å². The second-order valence-electron chi connectivity index (χ2n) is 6.61. The number of benzene rings is 4. The van der Waals surface area contributed by atoms with Crippen molar-refractivity contribution < 1.29 is 5.11 Å². The normalized spacial score (nSPS) is 9.79. The Balaban J connectivity index is 0.000000201. The van der Waals surface area contributed by atoms with Crippen molar-refractivity contribution in [2.24, 2.45) is 0 Å². The molecule has 1 heteroatoms. The molecule has 0 aliphatic rings. The van der Waals surface area contributed by atoms with Gasteiger partial charge in [-0.2, -0.15) is 0 Å². The average molecular weight is 385 g/mol. The molecule has 1 N–H and O–H groups in total. The standard InChI is InChI=1S/C16H18.C10H8O.C2H6/c1-3-13-10-14(4-2)12-16(11-13)15-8-6-5-7-9-15;11-10-7-3-5-8-4-1-2-6-9(8)10;1-2/h5-12H,3-4H2,1-2H3;1-7,11H;1-2H3. The summed E-state index contributed by atoms with van der Waals surface area (Å²) in [5.74, 6) is 0.350. The van der Waals surface area contributed by atoms with Crippen LogP contribution in [0.3, 0.4) is 0 Å². The summed E-state index contributed by atoms with van der Waals surface area (Å²) in [6.45, 7) is 8.42. The average Bonchev–Trinajstić information content (AvgIpc) is 2.81. The summed E-state index contributed by atoms with van der Waals surface area (Å²) in [5.41, 5.74) is 5.51. The first-order chi connectivity index (χ1) is 14.2. The first-order valence-corrected chi connectivity index (χ1v) is 10.6. The van der Waals surface area contributed by atoms with Crippen LogP contribution in [0.25, 0.3) is 21.9 Å². The predicted octanol–water partition coefficient (Wildman–Crippen LogP) is 8.05. The van der Waals surface area contributed by atoms with Crippen molar-refractivity contribution in [3.05, 3.63) is 102 Å². The molecule has 0 heterocycles. The summed E-state index contributed by atoms with van der Waals surface area (Å²) < 4.78 is 0. The van der Waals surface area contributed by atoms with E-state index in [4.69, 9.17) is 0 Å². The molecular weight excluding hydrogens is 352 g/mol. The Morgan fingerprint density at radius 2 is 1.14 bits per heavy atom. The molecule has 4 rings (SSSR count). The zero-order valence-corrected chi connectivity index (χ0v) is 18.0. The minimum absolute atomic E-state index is 0.350. The Hall–Kier alpha value is -3.06. The van der Waals surface area contributed by atoms with Crippen LogP contribution >= 0.6 is 0 Å². The van der Waals surface area contributed by atoms with Crippen LogP contribution in [0.5, 0.6) is 5.75 Å². The zero-order chi connectivity index (χ0) is 21.1. The summed E-state index contributed by atoms with van der Waals surface area (Å²) in [7, 11) is 0. The minimum atomic E-state index is 0.350. The van der Waals surface area contributed by atoms with Gasteiger partial charge in [0.25, 0.3) is 0 Å². The van der Waals surface area contributed by atoms with Gasteiger partial charge in [-0.15, -0.1) is 0 Å². The van der Waals surface area contributed by atoms with E-state index in [0.717, 1.165) is 23.6 Å². The molecule has 1 nitrogen and oxygen atoms in total. The highest BCUT2D eigenvalue weighted by atomic mass is 16.3. The van der Waals surface area contributed by atoms with E-state index in [1.165, 1.54) is 22.3 Å². The monoisotopic (exact) mass is 384 g/mol. The lowest BCUT2D eigenvalue weighted by molar-refractivity contribution is 0.481. The summed E-state index contributed by atoms with van der Waals surface area (Å²) in [4.78, 5) is 0. The molecular formula is C28H32O. The molecule has 0 unspecified atom stereocenters. The van der Waals surface area contributed by atoms with Crippen LogP contribution in [0.1, 0.15) is 38.8 Å². The molecule has 0 aliphatic heterocycles. The number of hydrogen-bond acceptors (Lipinski definition) is 1. The second kappa shape index (κ2) is 11.7. The number of phenols is 1.